The van der Waals surface area contributed by atoms with Gasteiger partial charge in [-0.25, -0.2) is 8.78 Å². The molecule has 2 atom stereocenters. The quantitative estimate of drug-likeness (QED) is 0.738. The minimum absolute atomic E-state index is 0.107. The molecule has 1 heterocycles. The highest BCUT2D eigenvalue weighted by atomic mass is 19.1. The van der Waals surface area contributed by atoms with Gasteiger partial charge in [-0.3, -0.25) is 4.79 Å². The molecule has 0 N–H and O–H groups in total. The first-order chi connectivity index (χ1) is 13.6. The molecule has 2 fully saturated rings. The van der Waals surface area contributed by atoms with Gasteiger partial charge in [-0.2, -0.15) is 0 Å². The van der Waals surface area contributed by atoms with E-state index in [-0.39, 0.29) is 36.6 Å². The third-order valence-electron chi connectivity index (χ3n) is 5.60. The fourth-order valence-electron chi connectivity index (χ4n) is 3.93. The van der Waals surface area contributed by atoms with Crippen LogP contribution in [0.25, 0.3) is 0 Å². The van der Waals surface area contributed by atoms with Gasteiger partial charge in [0.05, 0.1) is 11.7 Å². The molecule has 1 aliphatic carbocycles. The smallest absolute Gasteiger partial charge is 0.165 e. The summed E-state index contributed by atoms with van der Waals surface area (Å²) in [4.78, 5) is 11.7. The summed E-state index contributed by atoms with van der Waals surface area (Å²) in [6.45, 7) is 0.307. The van der Waals surface area contributed by atoms with Gasteiger partial charge in [-0.05, 0) is 36.5 Å². The van der Waals surface area contributed by atoms with Gasteiger partial charge >= 0.3 is 0 Å². The molecule has 1 saturated carbocycles. The van der Waals surface area contributed by atoms with E-state index in [1.165, 1.54) is 6.07 Å². The Hall–Kier alpha value is -2.31. The standard InChI is InChI=1S/C22H22F2O4/c23-18-12-20(26-13-15-4-2-1-3-5-15)19(24)10-16(18)6-8-22-9-7-17(25)11-21(22)27-14-28-22/h1-5,10,12,21H,6-9,11,13-14H2/t21-,22+/m1/s1. The number of carbonyl (C=O) groups excluding carboxylic acids is 1. The van der Waals surface area contributed by atoms with E-state index in [0.29, 0.717) is 32.1 Å². The lowest BCUT2D eigenvalue weighted by Crippen LogP contribution is -2.45. The molecule has 1 saturated heterocycles. The van der Waals surface area contributed by atoms with Crippen molar-refractivity contribution in [3.05, 3.63) is 65.2 Å². The summed E-state index contributed by atoms with van der Waals surface area (Å²) in [5.74, 6) is -1.06. The Morgan fingerprint density at radius 1 is 1.14 bits per heavy atom. The predicted molar refractivity (Wildman–Crippen MR) is 97.9 cm³/mol. The largest absolute Gasteiger partial charge is 0.486 e. The summed E-state index contributed by atoms with van der Waals surface area (Å²) in [5, 5.41) is 0. The number of ketones is 1. The van der Waals surface area contributed by atoms with E-state index in [1.807, 2.05) is 30.3 Å². The number of Topliss-reactive ketones (excluding diaryl/α,β-unsaturated/α-hetero) is 1. The van der Waals surface area contributed by atoms with E-state index in [4.69, 9.17) is 14.2 Å². The van der Waals surface area contributed by atoms with Gasteiger partial charge in [0, 0.05) is 18.9 Å². The number of aryl methyl sites for hydroxylation is 1. The fraction of sp³-hybridized carbons (Fsp3) is 0.409. The Morgan fingerprint density at radius 3 is 2.79 bits per heavy atom. The molecule has 2 aromatic carbocycles. The predicted octanol–water partition coefficient (Wildman–Crippen LogP) is 4.34. The zero-order valence-electron chi connectivity index (χ0n) is 15.5. The van der Waals surface area contributed by atoms with Crippen molar-refractivity contribution in [2.45, 2.75) is 50.4 Å². The Balaban J connectivity index is 1.43. The van der Waals surface area contributed by atoms with Crippen molar-refractivity contribution < 1.29 is 27.8 Å². The van der Waals surface area contributed by atoms with Gasteiger partial charge in [0.25, 0.3) is 0 Å². The second-order valence-corrected chi connectivity index (χ2v) is 7.37. The summed E-state index contributed by atoms with van der Waals surface area (Å²) in [5.41, 5.74) is 0.561. The van der Waals surface area contributed by atoms with Crippen LogP contribution in [-0.4, -0.2) is 24.3 Å². The highest BCUT2D eigenvalue weighted by Crippen LogP contribution is 2.40. The van der Waals surface area contributed by atoms with Gasteiger partial charge in [0.15, 0.2) is 11.6 Å². The molecule has 0 bridgehead atoms. The summed E-state index contributed by atoms with van der Waals surface area (Å²) >= 11 is 0. The number of benzene rings is 2. The second-order valence-electron chi connectivity index (χ2n) is 7.37. The Labute approximate surface area is 162 Å². The van der Waals surface area contributed by atoms with E-state index >= 15 is 0 Å². The maximum Gasteiger partial charge on any atom is 0.165 e. The highest BCUT2D eigenvalue weighted by Gasteiger charge is 2.48. The van der Waals surface area contributed by atoms with Gasteiger partial charge in [-0.1, -0.05) is 30.3 Å². The molecule has 0 amide bonds. The van der Waals surface area contributed by atoms with Crippen LogP contribution in [0.2, 0.25) is 0 Å². The SMILES string of the molecule is O=C1CC[C@]2(CCc3cc(F)c(OCc4ccccc4)cc3F)OCO[C@@H]2C1. The molecule has 0 spiro atoms. The van der Waals surface area contributed by atoms with E-state index in [9.17, 15) is 13.6 Å². The van der Waals surface area contributed by atoms with Crippen LogP contribution in [0.5, 0.6) is 5.75 Å². The van der Waals surface area contributed by atoms with E-state index in [1.54, 1.807) is 0 Å². The molecule has 4 rings (SSSR count). The van der Waals surface area contributed by atoms with E-state index in [0.717, 1.165) is 11.6 Å². The molecule has 6 heteroatoms. The van der Waals surface area contributed by atoms with Crippen LogP contribution in [0.1, 0.15) is 36.8 Å². The monoisotopic (exact) mass is 388 g/mol. The minimum atomic E-state index is -0.594. The zero-order chi connectivity index (χ0) is 19.6. The third kappa shape index (κ3) is 3.93. The van der Waals surface area contributed by atoms with Gasteiger partial charge in [0.1, 0.15) is 25.0 Å². The topological polar surface area (TPSA) is 44.8 Å². The van der Waals surface area contributed by atoms with Crippen LogP contribution in [0.3, 0.4) is 0 Å². The fourth-order valence-corrected chi connectivity index (χ4v) is 3.93. The molecule has 0 radical (unpaired) electrons. The van der Waals surface area contributed by atoms with Crippen LogP contribution in [0.15, 0.2) is 42.5 Å². The van der Waals surface area contributed by atoms with Crippen molar-refractivity contribution in [1.29, 1.82) is 0 Å². The van der Waals surface area contributed by atoms with Crippen LogP contribution in [0, 0.1) is 11.6 Å². The lowest BCUT2D eigenvalue weighted by Gasteiger charge is -2.35. The molecular formula is C22H22F2O4. The molecule has 28 heavy (non-hydrogen) atoms. The van der Waals surface area contributed by atoms with Crippen molar-refractivity contribution in [3.8, 4) is 5.75 Å². The average Bonchev–Trinajstić information content (AvgIpc) is 3.11. The van der Waals surface area contributed by atoms with E-state index in [2.05, 4.69) is 0 Å². The van der Waals surface area contributed by atoms with Gasteiger partial charge < -0.3 is 14.2 Å². The first kappa shape index (κ1) is 19.0. The van der Waals surface area contributed by atoms with E-state index < -0.39 is 17.2 Å². The number of hydrogen-bond donors (Lipinski definition) is 0. The highest BCUT2D eigenvalue weighted by molar-refractivity contribution is 5.80. The third-order valence-corrected chi connectivity index (χ3v) is 5.60. The van der Waals surface area contributed by atoms with Crippen LogP contribution in [-0.2, 0) is 27.3 Å². The Morgan fingerprint density at radius 2 is 1.96 bits per heavy atom. The Kier molecular flexibility index (Phi) is 5.42. The van der Waals surface area contributed by atoms with Crippen molar-refractivity contribution in [1.82, 2.24) is 0 Å². The first-order valence-electron chi connectivity index (χ1n) is 9.48. The molecule has 2 aliphatic rings. The zero-order valence-corrected chi connectivity index (χ0v) is 15.5. The number of rotatable bonds is 6. The van der Waals surface area contributed by atoms with Gasteiger partial charge in [0.2, 0.25) is 0 Å². The second kappa shape index (κ2) is 7.97. The van der Waals surface area contributed by atoms with Crippen molar-refractivity contribution in [2.75, 3.05) is 6.79 Å². The minimum Gasteiger partial charge on any atom is -0.486 e. The molecular weight excluding hydrogens is 366 g/mol. The summed E-state index contributed by atoms with van der Waals surface area (Å²) < 4.78 is 45.7. The molecule has 148 valence electrons. The number of ether oxygens (including phenoxy) is 3. The van der Waals surface area contributed by atoms with Crippen molar-refractivity contribution >= 4 is 5.78 Å². The summed E-state index contributed by atoms with van der Waals surface area (Å²) in [6.07, 6.45) is 1.79. The van der Waals surface area contributed by atoms with Crippen LogP contribution < -0.4 is 4.74 Å². The number of hydrogen-bond acceptors (Lipinski definition) is 4. The summed E-state index contributed by atoms with van der Waals surface area (Å²) in [6, 6.07) is 11.6. The van der Waals surface area contributed by atoms with Crippen LogP contribution in [0.4, 0.5) is 8.78 Å². The number of halogens is 2. The van der Waals surface area contributed by atoms with Crippen molar-refractivity contribution in [2.24, 2.45) is 0 Å². The first-order valence-corrected chi connectivity index (χ1v) is 9.48. The normalized spacial score (nSPS) is 24.2. The lowest BCUT2D eigenvalue weighted by molar-refractivity contribution is -0.127. The lowest BCUT2D eigenvalue weighted by atomic mass is 9.78. The molecule has 0 unspecified atom stereocenters. The maximum absolute atomic E-state index is 14.5. The molecule has 0 aromatic heterocycles. The Bertz CT molecular complexity index is 855. The maximum atomic E-state index is 14.5. The van der Waals surface area contributed by atoms with Crippen LogP contribution >= 0.6 is 0 Å². The number of carbonyl (C=O) groups is 1. The average molecular weight is 388 g/mol. The molecule has 4 nitrogen and oxygen atoms in total. The number of fused-ring (bicyclic) bond motifs is 1. The van der Waals surface area contributed by atoms with Crippen molar-refractivity contribution in [3.63, 3.8) is 0 Å². The molecule has 2 aromatic rings. The molecule has 1 aliphatic heterocycles. The van der Waals surface area contributed by atoms with Gasteiger partial charge in [-0.15, -0.1) is 0 Å². The summed E-state index contributed by atoms with van der Waals surface area (Å²) in [7, 11) is 0.